The normalized spacial score (nSPS) is 14.4. The molecule has 1 aliphatic rings. The van der Waals surface area contributed by atoms with Gasteiger partial charge >= 0.3 is 0 Å². The molecule has 1 atom stereocenters. The van der Waals surface area contributed by atoms with E-state index >= 15 is 0 Å². The highest BCUT2D eigenvalue weighted by molar-refractivity contribution is 5.98. The first-order valence-corrected chi connectivity index (χ1v) is 15.2. The average Bonchev–Trinajstić information content (AvgIpc) is 2.98. The number of fused-ring (bicyclic) bond motifs is 1. The number of primary amides is 1. The van der Waals surface area contributed by atoms with E-state index in [1.54, 1.807) is 6.20 Å². The van der Waals surface area contributed by atoms with Crippen molar-refractivity contribution in [1.29, 1.82) is 0 Å². The van der Waals surface area contributed by atoms with Gasteiger partial charge in [-0.1, -0.05) is 51.2 Å². The van der Waals surface area contributed by atoms with Gasteiger partial charge in [-0.05, 0) is 55.9 Å². The fraction of sp³-hybridized carbons (Fsp3) is 0.485. The van der Waals surface area contributed by atoms with E-state index in [1.165, 1.54) is 19.3 Å². The number of hydrogen-bond acceptors (Lipinski definition) is 7. The summed E-state index contributed by atoms with van der Waals surface area (Å²) in [5.41, 5.74) is 17.0. The Kier molecular flexibility index (Phi) is 11.0. The maximum absolute atomic E-state index is 12.9. The Labute approximate surface area is 248 Å². The van der Waals surface area contributed by atoms with Crippen LogP contribution in [0.3, 0.4) is 0 Å². The highest BCUT2D eigenvalue weighted by atomic mass is 16.5. The van der Waals surface area contributed by atoms with Gasteiger partial charge in [-0.25, -0.2) is 0 Å². The molecule has 2 amide bonds. The number of aromatic nitrogens is 1. The van der Waals surface area contributed by atoms with E-state index in [0.717, 1.165) is 53.6 Å². The van der Waals surface area contributed by atoms with Crippen LogP contribution in [-0.2, 0) is 29.0 Å². The monoisotopic (exact) mass is 575 g/mol. The second kappa shape index (κ2) is 14.9. The van der Waals surface area contributed by atoms with Crippen molar-refractivity contribution in [3.63, 3.8) is 0 Å². The van der Waals surface area contributed by atoms with E-state index in [1.807, 2.05) is 44.2 Å². The van der Waals surface area contributed by atoms with Crippen LogP contribution < -0.4 is 31.6 Å². The van der Waals surface area contributed by atoms with Crippen LogP contribution in [0.2, 0.25) is 0 Å². The molecule has 226 valence electrons. The minimum Gasteiger partial charge on any atom is -0.490 e. The van der Waals surface area contributed by atoms with Gasteiger partial charge in [0.15, 0.2) is 11.5 Å². The van der Waals surface area contributed by atoms with Crippen LogP contribution in [0.25, 0.3) is 10.9 Å². The molecule has 1 saturated carbocycles. The summed E-state index contributed by atoms with van der Waals surface area (Å²) in [6, 6.07) is 9.23. The predicted octanol–water partition coefficient (Wildman–Crippen LogP) is 5.28. The van der Waals surface area contributed by atoms with E-state index in [9.17, 15) is 9.59 Å². The standard InChI is InChI=1S/C33H45N5O4/c1-4-24-22(19-37-33(40)26(34)15-21-11-8-7-9-12-21)13-10-14-27(24)38-32-23(16-31(35)39)20-36-28-18-30(42-6-3)29(41-5-2)17-25(28)32/h10,13-14,17-18,20-21,26H,4-9,11-12,15-16,19,34H2,1-3H3,(H2,35,39)(H,36,38)(H,37,40)/t26-/m0/s1. The number of nitrogens with one attached hydrogen (secondary N) is 2. The highest BCUT2D eigenvalue weighted by Gasteiger charge is 2.22. The van der Waals surface area contributed by atoms with E-state index in [-0.39, 0.29) is 12.3 Å². The molecule has 0 spiro atoms. The maximum Gasteiger partial charge on any atom is 0.237 e. The summed E-state index contributed by atoms with van der Waals surface area (Å²) in [5.74, 6) is 1.19. The molecule has 9 nitrogen and oxygen atoms in total. The molecule has 4 rings (SSSR count). The van der Waals surface area contributed by atoms with Gasteiger partial charge < -0.3 is 31.6 Å². The molecule has 0 bridgehead atoms. The summed E-state index contributed by atoms with van der Waals surface area (Å²) in [5, 5.41) is 7.44. The van der Waals surface area contributed by atoms with Crippen LogP contribution in [0, 0.1) is 5.92 Å². The number of pyridine rings is 1. The quantitative estimate of drug-likeness (QED) is 0.205. The second-order valence-corrected chi connectivity index (χ2v) is 11.0. The van der Waals surface area contributed by atoms with Crippen molar-refractivity contribution in [2.24, 2.45) is 17.4 Å². The fourth-order valence-electron chi connectivity index (χ4n) is 5.92. The number of amides is 2. The summed E-state index contributed by atoms with van der Waals surface area (Å²) < 4.78 is 11.7. The lowest BCUT2D eigenvalue weighted by Gasteiger charge is -2.24. The number of nitrogens with zero attached hydrogens (tertiary/aromatic N) is 1. The van der Waals surface area contributed by atoms with Gasteiger partial charge in [0.05, 0.1) is 36.9 Å². The van der Waals surface area contributed by atoms with Crippen LogP contribution in [0.4, 0.5) is 11.4 Å². The zero-order chi connectivity index (χ0) is 30.1. The van der Waals surface area contributed by atoms with Crippen molar-refractivity contribution >= 4 is 34.1 Å². The summed E-state index contributed by atoms with van der Waals surface area (Å²) in [7, 11) is 0. The molecule has 1 aromatic heterocycles. The molecule has 0 unspecified atom stereocenters. The van der Waals surface area contributed by atoms with Crippen molar-refractivity contribution in [2.75, 3.05) is 18.5 Å². The van der Waals surface area contributed by atoms with Crippen LogP contribution in [-0.4, -0.2) is 36.1 Å². The molecule has 42 heavy (non-hydrogen) atoms. The third kappa shape index (κ3) is 7.70. The lowest BCUT2D eigenvalue weighted by atomic mass is 9.85. The smallest absolute Gasteiger partial charge is 0.237 e. The Morgan fingerprint density at radius 1 is 1.02 bits per heavy atom. The lowest BCUT2D eigenvalue weighted by molar-refractivity contribution is -0.123. The fourth-order valence-corrected chi connectivity index (χ4v) is 5.92. The van der Waals surface area contributed by atoms with E-state index in [4.69, 9.17) is 20.9 Å². The van der Waals surface area contributed by atoms with E-state index in [0.29, 0.717) is 48.3 Å². The van der Waals surface area contributed by atoms with Gasteiger partial charge in [0.2, 0.25) is 11.8 Å². The number of carbonyl (C=O) groups excluding carboxylic acids is 2. The molecule has 6 N–H and O–H groups in total. The summed E-state index contributed by atoms with van der Waals surface area (Å²) in [6.45, 7) is 7.26. The minimum atomic E-state index is -0.500. The zero-order valence-corrected chi connectivity index (χ0v) is 25.1. The summed E-state index contributed by atoms with van der Waals surface area (Å²) in [6.07, 6.45) is 9.23. The number of anilines is 2. The van der Waals surface area contributed by atoms with Gasteiger partial charge in [-0.3, -0.25) is 14.6 Å². The molecular formula is C33H45N5O4. The Morgan fingerprint density at radius 2 is 1.74 bits per heavy atom. The van der Waals surface area contributed by atoms with Gasteiger partial charge in [0.1, 0.15) is 0 Å². The summed E-state index contributed by atoms with van der Waals surface area (Å²) >= 11 is 0. The number of benzene rings is 2. The zero-order valence-electron chi connectivity index (χ0n) is 25.1. The molecule has 9 heteroatoms. The highest BCUT2D eigenvalue weighted by Crippen LogP contribution is 2.38. The van der Waals surface area contributed by atoms with Gasteiger partial charge in [0, 0.05) is 35.4 Å². The van der Waals surface area contributed by atoms with E-state index in [2.05, 4.69) is 22.5 Å². The van der Waals surface area contributed by atoms with E-state index < -0.39 is 11.9 Å². The molecule has 0 saturated heterocycles. The Hall–Kier alpha value is -3.85. The Bertz CT molecular complexity index is 1390. The Balaban J connectivity index is 1.63. The van der Waals surface area contributed by atoms with Gasteiger partial charge in [-0.15, -0.1) is 0 Å². The predicted molar refractivity (Wildman–Crippen MR) is 167 cm³/mol. The minimum absolute atomic E-state index is 0.0263. The molecule has 1 heterocycles. The SMILES string of the molecule is CCOc1cc2ncc(CC(N)=O)c(Nc3cccc(CNC(=O)[C@@H](N)CC4CCCCC4)c3CC)c2cc1OCC. The summed E-state index contributed by atoms with van der Waals surface area (Å²) in [4.78, 5) is 29.5. The molecule has 2 aromatic carbocycles. The van der Waals surface area contributed by atoms with Crippen molar-refractivity contribution in [1.82, 2.24) is 10.3 Å². The first kappa shape index (κ1) is 31.1. The number of ether oxygens (including phenoxy) is 2. The van der Waals surface area contributed by atoms with Crippen molar-refractivity contribution < 1.29 is 19.1 Å². The number of nitrogens with two attached hydrogens (primary N) is 2. The first-order chi connectivity index (χ1) is 20.3. The molecule has 0 radical (unpaired) electrons. The first-order valence-electron chi connectivity index (χ1n) is 15.2. The van der Waals surface area contributed by atoms with Gasteiger partial charge in [-0.2, -0.15) is 0 Å². The number of carbonyl (C=O) groups is 2. The molecule has 0 aliphatic heterocycles. The lowest BCUT2D eigenvalue weighted by Crippen LogP contribution is -2.41. The van der Waals surface area contributed by atoms with Crippen molar-refractivity contribution in [3.05, 3.63) is 53.2 Å². The second-order valence-electron chi connectivity index (χ2n) is 11.0. The van der Waals surface area contributed by atoms with Crippen LogP contribution in [0.5, 0.6) is 11.5 Å². The third-order valence-corrected chi connectivity index (χ3v) is 7.96. The molecular weight excluding hydrogens is 530 g/mol. The van der Waals surface area contributed by atoms with Crippen molar-refractivity contribution in [2.45, 2.75) is 84.7 Å². The van der Waals surface area contributed by atoms with Crippen molar-refractivity contribution in [3.8, 4) is 11.5 Å². The van der Waals surface area contributed by atoms with Crippen LogP contribution >= 0.6 is 0 Å². The topological polar surface area (TPSA) is 142 Å². The Morgan fingerprint density at radius 3 is 2.40 bits per heavy atom. The molecule has 3 aromatic rings. The largest absolute Gasteiger partial charge is 0.490 e. The van der Waals surface area contributed by atoms with Gasteiger partial charge in [0.25, 0.3) is 0 Å². The number of rotatable bonds is 14. The number of hydrogen-bond donors (Lipinski definition) is 4. The maximum atomic E-state index is 12.9. The average molecular weight is 576 g/mol. The molecule has 1 fully saturated rings. The van der Waals surface area contributed by atoms with Crippen LogP contribution in [0.1, 0.15) is 76.0 Å². The third-order valence-electron chi connectivity index (χ3n) is 7.96. The van der Waals surface area contributed by atoms with Crippen LogP contribution in [0.15, 0.2) is 36.5 Å². The molecule has 1 aliphatic carbocycles.